The van der Waals surface area contributed by atoms with Crippen LogP contribution in [0.4, 0.5) is 0 Å². The van der Waals surface area contributed by atoms with Gasteiger partial charge < -0.3 is 0 Å². The van der Waals surface area contributed by atoms with Crippen molar-refractivity contribution in [3.8, 4) is 11.1 Å². The van der Waals surface area contributed by atoms with Crippen molar-refractivity contribution < 1.29 is 0 Å². The molecule has 17 heavy (non-hydrogen) atoms. The minimum atomic E-state index is 0.122. The van der Waals surface area contributed by atoms with E-state index in [1.165, 1.54) is 22.3 Å². The topological polar surface area (TPSA) is 0 Å². The second-order valence-electron chi connectivity index (χ2n) is 5.53. The van der Waals surface area contributed by atoms with Crippen molar-refractivity contribution >= 4 is 0 Å². The van der Waals surface area contributed by atoms with Crippen LogP contribution in [0.25, 0.3) is 11.1 Å². The van der Waals surface area contributed by atoms with Crippen LogP contribution in [0.1, 0.15) is 31.9 Å². The van der Waals surface area contributed by atoms with Crippen LogP contribution in [0.5, 0.6) is 0 Å². The first kappa shape index (κ1) is 11.9. The van der Waals surface area contributed by atoms with Crippen molar-refractivity contribution in [3.63, 3.8) is 0 Å². The average Bonchev–Trinajstić information content (AvgIpc) is 2.28. The highest BCUT2D eigenvalue weighted by atomic mass is 14.2. The van der Waals surface area contributed by atoms with Gasteiger partial charge in [-0.3, -0.25) is 0 Å². The third-order valence-electron chi connectivity index (χ3n) is 3.02. The lowest BCUT2D eigenvalue weighted by Gasteiger charge is -2.24. The van der Waals surface area contributed by atoms with Crippen molar-refractivity contribution in [3.05, 3.63) is 59.7 Å². The molecular weight excluding hydrogens is 204 g/mol. The van der Waals surface area contributed by atoms with E-state index in [9.17, 15) is 0 Å². The first-order valence-electron chi connectivity index (χ1n) is 6.07. The normalized spacial score (nSPS) is 11.5. The molecular formula is C17H19. The molecule has 0 fully saturated rings. The third kappa shape index (κ3) is 2.41. The molecule has 0 aliphatic heterocycles. The van der Waals surface area contributed by atoms with Crippen LogP contribution in [0.2, 0.25) is 0 Å². The molecule has 0 nitrogen and oxygen atoms in total. The van der Waals surface area contributed by atoms with Gasteiger partial charge in [-0.05, 0) is 40.7 Å². The summed E-state index contributed by atoms with van der Waals surface area (Å²) in [5.74, 6) is 0. The summed E-state index contributed by atoms with van der Waals surface area (Å²) in [6, 6.07) is 18.2. The van der Waals surface area contributed by atoms with Crippen LogP contribution >= 0.6 is 0 Å². The Bertz CT molecular complexity index is 501. The van der Waals surface area contributed by atoms with E-state index < -0.39 is 0 Å². The number of benzene rings is 2. The molecule has 0 atom stereocenters. The van der Waals surface area contributed by atoms with Gasteiger partial charge in [0.15, 0.2) is 0 Å². The van der Waals surface area contributed by atoms with Crippen LogP contribution in [-0.4, -0.2) is 0 Å². The first-order chi connectivity index (χ1) is 8.00. The molecule has 0 aliphatic rings. The van der Waals surface area contributed by atoms with Gasteiger partial charge >= 0.3 is 0 Å². The molecule has 0 unspecified atom stereocenters. The standard InChI is InChI=1S/C17H19/c1-13-9-8-12-15(17(2,3)4)16(13)14-10-6-5-7-11-14/h5-11H,1-4H3. The predicted molar refractivity (Wildman–Crippen MR) is 74.2 cm³/mol. The molecule has 0 heteroatoms. The summed E-state index contributed by atoms with van der Waals surface area (Å²) < 4.78 is 0. The molecule has 87 valence electrons. The van der Waals surface area contributed by atoms with E-state index in [-0.39, 0.29) is 5.41 Å². The lowest BCUT2D eigenvalue weighted by Crippen LogP contribution is -2.13. The highest BCUT2D eigenvalue weighted by Crippen LogP contribution is 2.34. The van der Waals surface area contributed by atoms with Gasteiger partial charge in [-0.25, -0.2) is 0 Å². The number of aryl methyl sites for hydroxylation is 1. The van der Waals surface area contributed by atoms with E-state index in [2.05, 4.69) is 70.2 Å². The molecule has 0 N–H and O–H groups in total. The van der Waals surface area contributed by atoms with E-state index in [0.717, 1.165) is 0 Å². The minimum absolute atomic E-state index is 0.122. The van der Waals surface area contributed by atoms with Crippen molar-refractivity contribution in [2.75, 3.05) is 0 Å². The van der Waals surface area contributed by atoms with Gasteiger partial charge in [0.1, 0.15) is 0 Å². The van der Waals surface area contributed by atoms with Crippen LogP contribution in [0, 0.1) is 13.0 Å². The Morgan fingerprint density at radius 1 is 0.941 bits per heavy atom. The van der Waals surface area contributed by atoms with E-state index in [1.54, 1.807) is 0 Å². The van der Waals surface area contributed by atoms with Crippen molar-refractivity contribution in [1.29, 1.82) is 0 Å². The van der Waals surface area contributed by atoms with Crippen LogP contribution in [0.15, 0.2) is 42.5 Å². The molecule has 0 aromatic heterocycles. The summed E-state index contributed by atoms with van der Waals surface area (Å²) in [4.78, 5) is 0. The molecule has 0 spiro atoms. The molecule has 0 saturated carbocycles. The molecule has 1 radical (unpaired) electrons. The minimum Gasteiger partial charge on any atom is -0.0622 e. The van der Waals surface area contributed by atoms with Gasteiger partial charge in [0.25, 0.3) is 0 Å². The fraction of sp³-hybridized carbons (Fsp3) is 0.294. The molecule has 0 aliphatic carbocycles. The Hall–Kier alpha value is -1.56. The van der Waals surface area contributed by atoms with Gasteiger partial charge in [-0.1, -0.05) is 63.2 Å². The van der Waals surface area contributed by atoms with Gasteiger partial charge in [0.2, 0.25) is 0 Å². The van der Waals surface area contributed by atoms with Crippen LogP contribution < -0.4 is 0 Å². The Kier molecular flexibility index (Phi) is 3.06. The molecule has 0 amide bonds. The van der Waals surface area contributed by atoms with E-state index in [0.29, 0.717) is 0 Å². The molecule has 0 heterocycles. The summed E-state index contributed by atoms with van der Waals surface area (Å²) in [6.45, 7) is 8.89. The van der Waals surface area contributed by atoms with Gasteiger partial charge in [0.05, 0.1) is 0 Å². The largest absolute Gasteiger partial charge is 0.0622 e. The molecule has 0 bridgehead atoms. The summed E-state index contributed by atoms with van der Waals surface area (Å²) >= 11 is 0. The summed E-state index contributed by atoms with van der Waals surface area (Å²) in [5, 5.41) is 0. The summed E-state index contributed by atoms with van der Waals surface area (Å²) in [5.41, 5.74) is 5.35. The maximum absolute atomic E-state index is 3.42. The van der Waals surface area contributed by atoms with Crippen molar-refractivity contribution in [2.45, 2.75) is 33.1 Å². The lowest BCUT2D eigenvalue weighted by atomic mass is 9.80. The second kappa shape index (κ2) is 4.37. The Morgan fingerprint density at radius 2 is 1.59 bits per heavy atom. The second-order valence-corrected chi connectivity index (χ2v) is 5.53. The fourth-order valence-corrected chi connectivity index (χ4v) is 2.17. The summed E-state index contributed by atoms with van der Waals surface area (Å²) in [6.07, 6.45) is 0. The van der Waals surface area contributed by atoms with Gasteiger partial charge in [0, 0.05) is 0 Å². The molecule has 2 rings (SSSR count). The van der Waals surface area contributed by atoms with Crippen LogP contribution in [0.3, 0.4) is 0 Å². The quantitative estimate of drug-likeness (QED) is 0.654. The zero-order valence-electron chi connectivity index (χ0n) is 11.0. The Morgan fingerprint density at radius 3 is 2.18 bits per heavy atom. The zero-order valence-corrected chi connectivity index (χ0v) is 11.0. The Balaban J connectivity index is 2.69. The van der Waals surface area contributed by atoms with E-state index in [1.807, 2.05) is 6.07 Å². The molecule has 2 aromatic rings. The highest BCUT2D eigenvalue weighted by molar-refractivity contribution is 5.71. The Labute approximate surface area is 104 Å². The van der Waals surface area contributed by atoms with E-state index in [4.69, 9.17) is 0 Å². The van der Waals surface area contributed by atoms with Gasteiger partial charge in [-0.2, -0.15) is 0 Å². The van der Waals surface area contributed by atoms with Crippen LogP contribution in [-0.2, 0) is 5.41 Å². The van der Waals surface area contributed by atoms with Crippen molar-refractivity contribution in [2.24, 2.45) is 0 Å². The molecule has 2 aromatic carbocycles. The zero-order chi connectivity index (χ0) is 12.5. The highest BCUT2D eigenvalue weighted by Gasteiger charge is 2.19. The predicted octanol–water partition coefficient (Wildman–Crippen LogP) is 4.76. The monoisotopic (exact) mass is 223 g/mol. The number of hydrogen-bond donors (Lipinski definition) is 0. The van der Waals surface area contributed by atoms with Gasteiger partial charge in [-0.15, -0.1) is 0 Å². The average molecular weight is 223 g/mol. The lowest BCUT2D eigenvalue weighted by molar-refractivity contribution is 0.590. The summed E-state index contributed by atoms with van der Waals surface area (Å²) in [7, 11) is 0. The van der Waals surface area contributed by atoms with E-state index >= 15 is 0 Å². The SMILES string of the molecule is Cc1cc[c]c(C(C)(C)C)c1-c1ccccc1. The number of hydrogen-bond acceptors (Lipinski definition) is 0. The molecule has 0 saturated heterocycles. The smallest absolute Gasteiger partial charge is 0.0111 e. The van der Waals surface area contributed by atoms with Crippen molar-refractivity contribution in [1.82, 2.24) is 0 Å². The third-order valence-corrected chi connectivity index (χ3v) is 3.02. The number of rotatable bonds is 1. The first-order valence-corrected chi connectivity index (χ1v) is 6.07. The fourth-order valence-electron chi connectivity index (χ4n) is 2.17. The maximum atomic E-state index is 3.42. The maximum Gasteiger partial charge on any atom is -0.0111 e.